The molecule has 0 atom stereocenters. The lowest BCUT2D eigenvalue weighted by atomic mass is 9.92. The summed E-state index contributed by atoms with van der Waals surface area (Å²) >= 11 is 0. The van der Waals surface area contributed by atoms with E-state index in [0.717, 1.165) is 82.8 Å². The molecule has 0 aliphatic rings. The van der Waals surface area contributed by atoms with Gasteiger partial charge in [0.1, 0.15) is 22.8 Å². The number of imidazole rings is 2. The van der Waals surface area contributed by atoms with Crippen molar-refractivity contribution < 1.29 is 4.74 Å². The third-order valence-electron chi connectivity index (χ3n) is 10.5. The summed E-state index contributed by atoms with van der Waals surface area (Å²) < 4.78 is 11.3. The predicted octanol–water partition coefficient (Wildman–Crippen LogP) is 11.4. The molecule has 5 heterocycles. The molecule has 6 nitrogen and oxygen atoms in total. The summed E-state index contributed by atoms with van der Waals surface area (Å²) in [5, 5.41) is 6.51. The Labute approximate surface area is 291 Å². The Morgan fingerprint density at radius 1 is 0.490 bits per heavy atom. The molecule has 0 unspecified atom stereocenters. The molecule has 11 aromatic rings. The summed E-state index contributed by atoms with van der Waals surface area (Å²) in [5.41, 5.74) is 13.1. The predicted molar refractivity (Wildman–Crippen MR) is 208 cm³/mol. The second kappa shape index (κ2) is 10.4. The van der Waals surface area contributed by atoms with Crippen LogP contribution in [0.25, 0.3) is 87.8 Å². The first-order valence-corrected chi connectivity index (χ1v) is 17.2. The first kappa shape index (κ1) is 28.1. The van der Waals surface area contributed by atoms with Gasteiger partial charge in [-0.3, -0.25) is 13.8 Å². The molecule has 0 aliphatic heterocycles. The summed E-state index contributed by atoms with van der Waals surface area (Å²) in [5.74, 6) is 1.48. The highest BCUT2D eigenvalue weighted by molar-refractivity contribution is 6.18. The number of pyridine rings is 3. The van der Waals surface area contributed by atoms with Gasteiger partial charge in [-0.15, -0.1) is 0 Å². The molecule has 0 aliphatic carbocycles. The zero-order valence-electron chi connectivity index (χ0n) is 27.9. The van der Waals surface area contributed by atoms with Crippen LogP contribution in [0.15, 0.2) is 140 Å². The third kappa shape index (κ3) is 3.96. The Balaban J connectivity index is 1.14. The number of hydrogen-bond donors (Lipinski definition) is 0. The number of fused-ring (bicyclic) bond motifs is 16. The molecule has 6 heteroatoms. The lowest BCUT2D eigenvalue weighted by molar-refractivity contribution is 0.484. The number of hydrogen-bond acceptors (Lipinski definition) is 4. The lowest BCUT2D eigenvalue weighted by Gasteiger charge is -2.17. The van der Waals surface area contributed by atoms with Crippen LogP contribution in [0, 0.1) is 13.8 Å². The standard InChI is InChI=1S/C45H29N5O/c1-26-9-7-10-27(2)42(26)33-12-8-11-32-30-19-17-28(23-34(30)45-48-38-14-4-6-16-41(38)50(45)43(32)33)51-29-18-20-31-35(24-29)44-47-37-13-3-5-15-40(37)49(44)39-21-22-46-25-36(31)39/h3-25H,1-2H3. The van der Waals surface area contributed by atoms with Gasteiger partial charge in [-0.1, -0.05) is 60.7 Å². The van der Waals surface area contributed by atoms with E-state index >= 15 is 0 Å². The summed E-state index contributed by atoms with van der Waals surface area (Å²) in [4.78, 5) is 14.8. The highest BCUT2D eigenvalue weighted by Gasteiger charge is 2.20. The van der Waals surface area contributed by atoms with Crippen molar-refractivity contribution in [3.05, 3.63) is 151 Å². The zero-order chi connectivity index (χ0) is 33.8. The van der Waals surface area contributed by atoms with Crippen molar-refractivity contribution in [3.8, 4) is 22.6 Å². The maximum atomic E-state index is 6.70. The van der Waals surface area contributed by atoms with Crippen LogP contribution in [0.5, 0.6) is 11.5 Å². The number of ether oxygens (including phenoxy) is 1. The first-order chi connectivity index (χ1) is 25.1. The summed E-state index contributed by atoms with van der Waals surface area (Å²) in [6, 6.07) is 44.5. The quantitative estimate of drug-likeness (QED) is 0.178. The summed E-state index contributed by atoms with van der Waals surface area (Å²) in [6.07, 6.45) is 3.78. The van der Waals surface area contributed by atoms with E-state index in [4.69, 9.17) is 14.7 Å². The lowest BCUT2D eigenvalue weighted by Crippen LogP contribution is -1.97. The van der Waals surface area contributed by atoms with Crippen molar-refractivity contribution in [1.82, 2.24) is 23.8 Å². The number of rotatable bonds is 3. The van der Waals surface area contributed by atoms with Crippen molar-refractivity contribution in [2.45, 2.75) is 13.8 Å². The number of para-hydroxylation sites is 5. The molecule has 0 amide bonds. The molecule has 240 valence electrons. The van der Waals surface area contributed by atoms with Gasteiger partial charge in [0.2, 0.25) is 0 Å². The van der Waals surface area contributed by atoms with E-state index in [1.54, 1.807) is 0 Å². The largest absolute Gasteiger partial charge is 0.457 e. The smallest absolute Gasteiger partial charge is 0.146 e. The number of aromatic nitrogens is 5. The van der Waals surface area contributed by atoms with Crippen molar-refractivity contribution in [2.75, 3.05) is 0 Å². The van der Waals surface area contributed by atoms with Gasteiger partial charge < -0.3 is 4.74 Å². The van der Waals surface area contributed by atoms with E-state index < -0.39 is 0 Å². The van der Waals surface area contributed by atoms with Crippen LogP contribution >= 0.6 is 0 Å². The molecular weight excluding hydrogens is 627 g/mol. The van der Waals surface area contributed by atoms with Crippen molar-refractivity contribution >= 4 is 76.7 Å². The van der Waals surface area contributed by atoms with Gasteiger partial charge in [0, 0.05) is 39.5 Å². The van der Waals surface area contributed by atoms with Crippen LogP contribution < -0.4 is 4.74 Å². The van der Waals surface area contributed by atoms with E-state index in [1.165, 1.54) is 27.6 Å². The highest BCUT2D eigenvalue weighted by atomic mass is 16.5. The molecule has 0 fully saturated rings. The van der Waals surface area contributed by atoms with Crippen LogP contribution in [0.2, 0.25) is 0 Å². The van der Waals surface area contributed by atoms with E-state index in [9.17, 15) is 0 Å². The molecule has 0 spiro atoms. The second-order valence-electron chi connectivity index (χ2n) is 13.4. The van der Waals surface area contributed by atoms with Gasteiger partial charge in [-0.05, 0) is 108 Å². The third-order valence-corrected chi connectivity index (χ3v) is 10.5. The molecule has 51 heavy (non-hydrogen) atoms. The second-order valence-corrected chi connectivity index (χ2v) is 13.4. The molecule has 0 saturated carbocycles. The van der Waals surface area contributed by atoms with E-state index in [2.05, 4.69) is 143 Å². The number of benzene rings is 6. The van der Waals surface area contributed by atoms with Gasteiger partial charge in [0.25, 0.3) is 0 Å². The number of nitrogens with zero attached hydrogens (tertiary/aromatic N) is 5. The van der Waals surface area contributed by atoms with E-state index in [1.807, 2.05) is 24.5 Å². The minimum absolute atomic E-state index is 0.738. The first-order valence-electron chi connectivity index (χ1n) is 17.2. The Morgan fingerprint density at radius 3 is 1.80 bits per heavy atom. The molecule has 0 radical (unpaired) electrons. The fourth-order valence-corrected chi connectivity index (χ4v) is 8.27. The minimum Gasteiger partial charge on any atom is -0.457 e. The van der Waals surface area contributed by atoms with Crippen LogP contribution in [-0.2, 0) is 0 Å². The van der Waals surface area contributed by atoms with Crippen LogP contribution in [0.4, 0.5) is 0 Å². The van der Waals surface area contributed by atoms with Gasteiger partial charge in [-0.2, -0.15) is 0 Å². The fourth-order valence-electron chi connectivity index (χ4n) is 8.27. The number of aryl methyl sites for hydroxylation is 2. The Morgan fingerprint density at radius 2 is 1.10 bits per heavy atom. The monoisotopic (exact) mass is 655 g/mol. The van der Waals surface area contributed by atoms with Gasteiger partial charge in [0.05, 0.1) is 33.1 Å². The van der Waals surface area contributed by atoms with Crippen molar-refractivity contribution in [3.63, 3.8) is 0 Å². The van der Waals surface area contributed by atoms with Crippen LogP contribution in [0.3, 0.4) is 0 Å². The zero-order valence-corrected chi connectivity index (χ0v) is 27.9. The normalized spacial score (nSPS) is 12.1. The Bertz CT molecular complexity index is 3240. The van der Waals surface area contributed by atoms with E-state index in [-0.39, 0.29) is 0 Å². The van der Waals surface area contributed by atoms with Gasteiger partial charge >= 0.3 is 0 Å². The molecule has 0 saturated heterocycles. The maximum absolute atomic E-state index is 6.70. The maximum Gasteiger partial charge on any atom is 0.146 e. The minimum atomic E-state index is 0.738. The molecule has 0 bridgehead atoms. The van der Waals surface area contributed by atoms with Crippen LogP contribution in [-0.4, -0.2) is 23.8 Å². The topological polar surface area (TPSA) is 56.7 Å². The van der Waals surface area contributed by atoms with Gasteiger partial charge in [0.15, 0.2) is 0 Å². The van der Waals surface area contributed by atoms with Gasteiger partial charge in [-0.25, -0.2) is 9.97 Å². The molecule has 0 N–H and O–H groups in total. The van der Waals surface area contributed by atoms with Crippen LogP contribution in [0.1, 0.15) is 11.1 Å². The SMILES string of the molecule is Cc1cccc(C)c1-c1cccc2c3ccc(Oc4ccc5c6cnccc6n6c7ccccc7nc6c5c4)cc3c3nc4ccccc4n3c12. The van der Waals surface area contributed by atoms with Crippen molar-refractivity contribution in [2.24, 2.45) is 0 Å². The fraction of sp³-hybridized carbons (Fsp3) is 0.0444. The van der Waals surface area contributed by atoms with E-state index in [0.29, 0.717) is 0 Å². The molecular formula is C45H29N5O. The van der Waals surface area contributed by atoms with Crippen molar-refractivity contribution in [1.29, 1.82) is 0 Å². The molecule has 11 rings (SSSR count). The highest BCUT2D eigenvalue weighted by Crippen LogP contribution is 2.41. The Kier molecular flexibility index (Phi) is 5.71. The summed E-state index contributed by atoms with van der Waals surface area (Å²) in [6.45, 7) is 4.39. The molecule has 5 aromatic heterocycles. The molecule has 6 aromatic carbocycles. The Hall–Kier alpha value is -6.79. The average Bonchev–Trinajstić information content (AvgIpc) is 3.75. The summed E-state index contributed by atoms with van der Waals surface area (Å²) in [7, 11) is 0. The average molecular weight is 656 g/mol.